The molecular weight excluding hydrogens is 296 g/mol. The molecule has 5 heteroatoms. The van der Waals surface area contributed by atoms with Gasteiger partial charge in [-0.25, -0.2) is 0 Å². The fraction of sp³-hybridized carbons (Fsp3) is 0.824. The standard InChI is InChI=1S/C17H34O4Si/c1-5-9-14-20-22(8-4,15-10-13-18)21-17(12-7-3)16(19)11-6-2/h6,11,17-18H,5,7-10,12-15H2,1-4H3. The van der Waals surface area contributed by atoms with Crippen molar-refractivity contribution in [3.63, 3.8) is 0 Å². The van der Waals surface area contributed by atoms with Crippen LogP contribution in [0.15, 0.2) is 12.2 Å². The number of ketones is 1. The Balaban J connectivity index is 5.03. The minimum Gasteiger partial charge on any atom is -0.396 e. The van der Waals surface area contributed by atoms with E-state index < -0.39 is 14.7 Å². The first kappa shape index (κ1) is 21.5. The summed E-state index contributed by atoms with van der Waals surface area (Å²) in [5, 5.41) is 9.16. The lowest BCUT2D eigenvalue weighted by atomic mass is 10.1. The quantitative estimate of drug-likeness (QED) is 0.297. The maximum Gasteiger partial charge on any atom is 0.338 e. The summed E-state index contributed by atoms with van der Waals surface area (Å²) >= 11 is 0. The topological polar surface area (TPSA) is 55.8 Å². The van der Waals surface area contributed by atoms with Crippen molar-refractivity contribution < 1.29 is 18.8 Å². The number of aliphatic hydroxyl groups excluding tert-OH is 1. The van der Waals surface area contributed by atoms with Crippen molar-refractivity contribution >= 4 is 14.3 Å². The Morgan fingerprint density at radius 1 is 1.23 bits per heavy atom. The Bertz CT molecular complexity index is 320. The zero-order valence-corrected chi connectivity index (χ0v) is 15.8. The highest BCUT2D eigenvalue weighted by Crippen LogP contribution is 2.25. The normalized spacial score (nSPS) is 15.9. The molecule has 0 amide bonds. The van der Waals surface area contributed by atoms with Crippen molar-refractivity contribution in [2.45, 2.75) is 78.0 Å². The monoisotopic (exact) mass is 330 g/mol. The van der Waals surface area contributed by atoms with Crippen LogP contribution in [0.1, 0.15) is 59.8 Å². The highest BCUT2D eigenvalue weighted by Gasteiger charge is 2.38. The van der Waals surface area contributed by atoms with Crippen LogP contribution in [-0.2, 0) is 13.6 Å². The largest absolute Gasteiger partial charge is 0.396 e. The van der Waals surface area contributed by atoms with Crippen LogP contribution in [0.5, 0.6) is 0 Å². The third-order valence-corrected chi connectivity index (χ3v) is 7.31. The van der Waals surface area contributed by atoms with Gasteiger partial charge < -0.3 is 14.0 Å². The van der Waals surface area contributed by atoms with E-state index in [4.69, 9.17) is 14.0 Å². The van der Waals surface area contributed by atoms with Gasteiger partial charge >= 0.3 is 8.56 Å². The average molecular weight is 331 g/mol. The molecule has 0 saturated heterocycles. The van der Waals surface area contributed by atoms with Crippen LogP contribution in [0.3, 0.4) is 0 Å². The SMILES string of the molecule is CC=CC(=O)C(CCC)O[Si](CC)(CCCO)OCCCC. The molecule has 0 radical (unpaired) electrons. The molecule has 0 bridgehead atoms. The highest BCUT2D eigenvalue weighted by atomic mass is 28.4. The Hall–Kier alpha value is -0.493. The summed E-state index contributed by atoms with van der Waals surface area (Å²) in [6.45, 7) is 8.91. The van der Waals surface area contributed by atoms with Gasteiger partial charge in [0.1, 0.15) is 6.10 Å². The number of carbonyl (C=O) groups is 1. The van der Waals surface area contributed by atoms with Crippen LogP contribution in [0.4, 0.5) is 0 Å². The average Bonchev–Trinajstić information content (AvgIpc) is 2.52. The minimum absolute atomic E-state index is 0.0257. The fourth-order valence-electron chi connectivity index (χ4n) is 2.33. The van der Waals surface area contributed by atoms with E-state index in [2.05, 4.69) is 20.8 Å². The molecule has 22 heavy (non-hydrogen) atoms. The van der Waals surface area contributed by atoms with Crippen LogP contribution in [0.25, 0.3) is 0 Å². The molecule has 0 fully saturated rings. The maximum absolute atomic E-state index is 12.2. The zero-order valence-electron chi connectivity index (χ0n) is 14.8. The lowest BCUT2D eigenvalue weighted by Gasteiger charge is -2.33. The first-order valence-electron chi connectivity index (χ1n) is 8.68. The molecule has 1 N–H and O–H groups in total. The predicted molar refractivity (Wildman–Crippen MR) is 93.2 cm³/mol. The van der Waals surface area contributed by atoms with E-state index in [-0.39, 0.29) is 12.4 Å². The van der Waals surface area contributed by atoms with E-state index in [0.29, 0.717) is 19.4 Å². The van der Waals surface area contributed by atoms with Crippen molar-refractivity contribution in [3.05, 3.63) is 12.2 Å². The second kappa shape index (κ2) is 13.0. The molecule has 0 aromatic heterocycles. The Morgan fingerprint density at radius 3 is 2.45 bits per heavy atom. The third-order valence-electron chi connectivity index (χ3n) is 3.67. The second-order valence-electron chi connectivity index (χ2n) is 5.59. The number of unbranched alkanes of at least 4 members (excludes halogenated alkanes) is 1. The van der Waals surface area contributed by atoms with E-state index >= 15 is 0 Å². The molecule has 130 valence electrons. The van der Waals surface area contributed by atoms with Gasteiger partial charge in [-0.2, -0.15) is 0 Å². The molecule has 2 unspecified atom stereocenters. The van der Waals surface area contributed by atoms with Crippen molar-refractivity contribution in [3.8, 4) is 0 Å². The summed E-state index contributed by atoms with van der Waals surface area (Å²) in [7, 11) is -2.43. The molecule has 0 aliphatic rings. The Labute approximate surface area is 137 Å². The van der Waals surface area contributed by atoms with Gasteiger partial charge in [-0.3, -0.25) is 4.79 Å². The van der Waals surface area contributed by atoms with E-state index in [0.717, 1.165) is 31.4 Å². The summed E-state index contributed by atoms with van der Waals surface area (Å²) in [5.74, 6) is 0.0257. The van der Waals surface area contributed by atoms with Crippen LogP contribution < -0.4 is 0 Å². The van der Waals surface area contributed by atoms with Crippen LogP contribution in [-0.4, -0.2) is 38.8 Å². The predicted octanol–water partition coefficient (Wildman–Crippen LogP) is 3.98. The van der Waals surface area contributed by atoms with Crippen molar-refractivity contribution in [1.82, 2.24) is 0 Å². The van der Waals surface area contributed by atoms with E-state index in [9.17, 15) is 4.79 Å². The number of aliphatic hydroxyl groups is 1. The molecule has 0 aliphatic heterocycles. The van der Waals surface area contributed by atoms with Crippen LogP contribution >= 0.6 is 0 Å². The third kappa shape index (κ3) is 8.22. The van der Waals surface area contributed by atoms with E-state index in [1.807, 2.05) is 6.92 Å². The van der Waals surface area contributed by atoms with Gasteiger partial charge in [0.05, 0.1) is 0 Å². The number of allylic oxidation sites excluding steroid dienone is 1. The molecule has 0 rings (SSSR count). The first-order valence-corrected chi connectivity index (χ1v) is 10.9. The number of rotatable bonds is 14. The molecule has 4 nitrogen and oxygen atoms in total. The van der Waals surface area contributed by atoms with Gasteiger partial charge in [-0.1, -0.05) is 39.7 Å². The molecule has 2 atom stereocenters. The van der Waals surface area contributed by atoms with Gasteiger partial charge in [0, 0.05) is 13.2 Å². The molecule has 0 aromatic rings. The molecular formula is C17H34O4Si. The summed E-state index contributed by atoms with van der Waals surface area (Å²) in [4.78, 5) is 12.2. The minimum atomic E-state index is -2.43. The fourth-order valence-corrected chi connectivity index (χ4v) is 5.35. The zero-order chi connectivity index (χ0) is 16.8. The summed E-state index contributed by atoms with van der Waals surface area (Å²) < 4.78 is 12.5. The van der Waals surface area contributed by atoms with Gasteiger partial charge in [-0.05, 0) is 44.4 Å². The van der Waals surface area contributed by atoms with Crippen molar-refractivity contribution in [2.24, 2.45) is 0 Å². The molecule has 0 spiro atoms. The number of hydrogen-bond acceptors (Lipinski definition) is 4. The number of hydrogen-bond donors (Lipinski definition) is 1. The summed E-state index contributed by atoms with van der Waals surface area (Å²) in [5.41, 5.74) is 0. The lowest BCUT2D eigenvalue weighted by molar-refractivity contribution is -0.122. The van der Waals surface area contributed by atoms with Crippen LogP contribution in [0.2, 0.25) is 12.1 Å². The summed E-state index contributed by atoms with van der Waals surface area (Å²) in [6, 6.07) is 1.55. The Kier molecular flexibility index (Phi) is 12.7. The van der Waals surface area contributed by atoms with Gasteiger partial charge in [0.25, 0.3) is 0 Å². The van der Waals surface area contributed by atoms with Gasteiger partial charge in [0.2, 0.25) is 0 Å². The second-order valence-corrected chi connectivity index (χ2v) is 9.14. The molecule has 0 saturated carbocycles. The van der Waals surface area contributed by atoms with Crippen molar-refractivity contribution in [1.29, 1.82) is 0 Å². The van der Waals surface area contributed by atoms with Crippen LogP contribution in [0, 0.1) is 0 Å². The highest BCUT2D eigenvalue weighted by molar-refractivity contribution is 6.67. The maximum atomic E-state index is 12.2. The molecule has 0 heterocycles. The Morgan fingerprint density at radius 2 is 1.95 bits per heavy atom. The van der Waals surface area contributed by atoms with E-state index in [1.165, 1.54) is 0 Å². The molecule has 0 aromatic carbocycles. The van der Waals surface area contributed by atoms with Gasteiger partial charge in [0.15, 0.2) is 5.78 Å². The van der Waals surface area contributed by atoms with E-state index in [1.54, 1.807) is 12.2 Å². The first-order chi connectivity index (χ1) is 10.6. The smallest absolute Gasteiger partial charge is 0.338 e. The van der Waals surface area contributed by atoms with Gasteiger partial charge in [-0.15, -0.1) is 0 Å². The molecule has 0 aliphatic carbocycles. The summed E-state index contributed by atoms with van der Waals surface area (Å²) in [6.07, 6.45) is 7.30. The van der Waals surface area contributed by atoms with Crippen molar-refractivity contribution in [2.75, 3.05) is 13.2 Å². The number of carbonyl (C=O) groups excluding carboxylic acids is 1. The lowest BCUT2D eigenvalue weighted by Crippen LogP contribution is -2.47.